The molecule has 21 heavy (non-hydrogen) atoms. The third-order valence-electron chi connectivity index (χ3n) is 3.68. The minimum Gasteiger partial charge on any atom is -0.369 e. The molecule has 0 saturated heterocycles. The van der Waals surface area contributed by atoms with Crippen LogP contribution in [-0.4, -0.2) is 12.5 Å². The number of nitrogens with two attached hydrogens (primary N) is 1. The Kier molecular flexibility index (Phi) is 3.79. The minimum atomic E-state index is 0.0865. The minimum absolute atomic E-state index is 0.0865. The average Bonchev–Trinajstić information content (AvgIpc) is 2.82. The van der Waals surface area contributed by atoms with Gasteiger partial charge in [-0.3, -0.25) is 4.99 Å². The number of nitrogens with zero attached hydrogens (tertiary/aromatic N) is 2. The maximum absolute atomic E-state index is 6.07. The molecule has 0 aliphatic carbocycles. The summed E-state index contributed by atoms with van der Waals surface area (Å²) in [6.07, 6.45) is 0. The standard InChI is InChI=1S/C16H15Cl2N3/c1-10-8-12(18)4-7-14(10)15-9-20-16(19)21(15)13-5-2-11(17)3-6-13/h2-8,15H,9H2,1H3,(H2,19,20). The fourth-order valence-electron chi connectivity index (χ4n) is 2.66. The molecule has 0 spiro atoms. The molecule has 0 saturated carbocycles. The second-order valence-electron chi connectivity index (χ2n) is 5.06. The number of aryl methyl sites for hydroxylation is 1. The quantitative estimate of drug-likeness (QED) is 0.902. The summed E-state index contributed by atoms with van der Waals surface area (Å²) < 4.78 is 0. The smallest absolute Gasteiger partial charge is 0.196 e. The molecule has 2 N–H and O–H groups in total. The topological polar surface area (TPSA) is 41.6 Å². The summed E-state index contributed by atoms with van der Waals surface area (Å²) in [5.74, 6) is 0.525. The van der Waals surface area contributed by atoms with E-state index in [1.54, 1.807) is 0 Å². The zero-order valence-electron chi connectivity index (χ0n) is 11.6. The van der Waals surface area contributed by atoms with Crippen molar-refractivity contribution in [2.75, 3.05) is 11.4 Å². The molecule has 0 bridgehead atoms. The number of halogens is 2. The van der Waals surface area contributed by atoms with Crippen molar-refractivity contribution in [2.24, 2.45) is 10.7 Å². The maximum Gasteiger partial charge on any atom is 0.196 e. The van der Waals surface area contributed by atoms with Gasteiger partial charge in [-0.15, -0.1) is 0 Å². The van der Waals surface area contributed by atoms with Crippen molar-refractivity contribution >= 4 is 34.8 Å². The van der Waals surface area contributed by atoms with Crippen molar-refractivity contribution in [1.29, 1.82) is 0 Å². The molecule has 1 unspecified atom stereocenters. The first-order chi connectivity index (χ1) is 10.1. The van der Waals surface area contributed by atoms with Gasteiger partial charge in [0.25, 0.3) is 0 Å². The van der Waals surface area contributed by atoms with Crippen LogP contribution in [0.25, 0.3) is 0 Å². The highest BCUT2D eigenvalue weighted by Gasteiger charge is 2.29. The summed E-state index contributed by atoms with van der Waals surface area (Å²) in [6, 6.07) is 13.6. The second-order valence-corrected chi connectivity index (χ2v) is 5.93. The van der Waals surface area contributed by atoms with Crippen LogP contribution in [0.3, 0.4) is 0 Å². The molecule has 0 aromatic heterocycles. The fourth-order valence-corrected chi connectivity index (χ4v) is 3.01. The van der Waals surface area contributed by atoms with Gasteiger partial charge >= 0.3 is 0 Å². The Morgan fingerprint density at radius 1 is 1.10 bits per heavy atom. The predicted octanol–water partition coefficient (Wildman–Crippen LogP) is 4.18. The van der Waals surface area contributed by atoms with Crippen LogP contribution in [0.1, 0.15) is 17.2 Å². The molecule has 1 atom stereocenters. The molecule has 3 rings (SSSR count). The number of hydrogen-bond donors (Lipinski definition) is 1. The Morgan fingerprint density at radius 2 is 1.76 bits per heavy atom. The zero-order chi connectivity index (χ0) is 15.0. The highest BCUT2D eigenvalue weighted by atomic mass is 35.5. The monoisotopic (exact) mass is 319 g/mol. The molecular weight excluding hydrogens is 305 g/mol. The molecule has 0 fully saturated rings. The van der Waals surface area contributed by atoms with Crippen LogP contribution < -0.4 is 10.6 Å². The number of guanidine groups is 1. The van der Waals surface area contributed by atoms with E-state index in [2.05, 4.69) is 11.9 Å². The van der Waals surface area contributed by atoms with Gasteiger partial charge in [0.1, 0.15) is 0 Å². The van der Waals surface area contributed by atoms with E-state index in [1.165, 1.54) is 5.56 Å². The highest BCUT2D eigenvalue weighted by molar-refractivity contribution is 6.31. The Bertz CT molecular complexity index is 695. The molecule has 3 nitrogen and oxygen atoms in total. The average molecular weight is 320 g/mol. The normalized spacial score (nSPS) is 18.0. The summed E-state index contributed by atoms with van der Waals surface area (Å²) in [4.78, 5) is 6.43. The number of aliphatic imine (C=N–C) groups is 1. The van der Waals surface area contributed by atoms with E-state index < -0.39 is 0 Å². The second kappa shape index (κ2) is 5.58. The van der Waals surface area contributed by atoms with E-state index in [0.29, 0.717) is 17.5 Å². The lowest BCUT2D eigenvalue weighted by Gasteiger charge is -2.27. The van der Waals surface area contributed by atoms with Gasteiger partial charge < -0.3 is 10.6 Å². The summed E-state index contributed by atoms with van der Waals surface area (Å²) in [7, 11) is 0. The van der Waals surface area contributed by atoms with E-state index >= 15 is 0 Å². The number of rotatable bonds is 2. The van der Waals surface area contributed by atoms with Crippen molar-refractivity contribution in [3.63, 3.8) is 0 Å². The third-order valence-corrected chi connectivity index (χ3v) is 4.17. The fraction of sp³-hybridized carbons (Fsp3) is 0.188. The van der Waals surface area contributed by atoms with Crippen molar-refractivity contribution in [3.05, 3.63) is 63.6 Å². The summed E-state index contributed by atoms with van der Waals surface area (Å²) in [5, 5.41) is 1.44. The molecular formula is C16H15Cl2N3. The molecule has 5 heteroatoms. The summed E-state index contributed by atoms with van der Waals surface area (Å²) in [6.45, 7) is 2.69. The summed E-state index contributed by atoms with van der Waals surface area (Å²) >= 11 is 12.0. The van der Waals surface area contributed by atoms with Crippen LogP contribution in [-0.2, 0) is 0 Å². The number of benzene rings is 2. The van der Waals surface area contributed by atoms with E-state index in [4.69, 9.17) is 28.9 Å². The largest absolute Gasteiger partial charge is 0.369 e. The SMILES string of the molecule is Cc1cc(Cl)ccc1C1CN=C(N)N1c1ccc(Cl)cc1. The van der Waals surface area contributed by atoms with Gasteiger partial charge in [0, 0.05) is 15.7 Å². The molecule has 2 aromatic carbocycles. The van der Waals surface area contributed by atoms with Crippen LogP contribution in [0.4, 0.5) is 5.69 Å². The first-order valence-electron chi connectivity index (χ1n) is 6.67. The molecule has 1 aliphatic heterocycles. The molecule has 0 amide bonds. The first kappa shape index (κ1) is 14.2. The van der Waals surface area contributed by atoms with Gasteiger partial charge in [0.05, 0.1) is 12.6 Å². The molecule has 2 aromatic rings. The van der Waals surface area contributed by atoms with E-state index in [-0.39, 0.29) is 6.04 Å². The van der Waals surface area contributed by atoms with Gasteiger partial charge in [-0.2, -0.15) is 0 Å². The van der Waals surface area contributed by atoms with E-state index in [1.807, 2.05) is 47.4 Å². The van der Waals surface area contributed by atoms with Gasteiger partial charge in [-0.05, 0) is 54.4 Å². The lowest BCUT2D eigenvalue weighted by atomic mass is 10.0. The maximum atomic E-state index is 6.07. The molecule has 108 valence electrons. The molecule has 1 heterocycles. The Morgan fingerprint density at radius 3 is 2.43 bits per heavy atom. The Balaban J connectivity index is 2.00. The van der Waals surface area contributed by atoms with Crippen molar-refractivity contribution in [3.8, 4) is 0 Å². The van der Waals surface area contributed by atoms with Gasteiger partial charge in [-0.1, -0.05) is 29.3 Å². The zero-order valence-corrected chi connectivity index (χ0v) is 13.1. The lowest BCUT2D eigenvalue weighted by Crippen LogP contribution is -2.36. The van der Waals surface area contributed by atoms with Crippen LogP contribution in [0, 0.1) is 6.92 Å². The lowest BCUT2D eigenvalue weighted by molar-refractivity contribution is 0.762. The van der Waals surface area contributed by atoms with Gasteiger partial charge in [0.15, 0.2) is 5.96 Å². The van der Waals surface area contributed by atoms with Crippen molar-refractivity contribution < 1.29 is 0 Å². The van der Waals surface area contributed by atoms with E-state index in [9.17, 15) is 0 Å². The number of hydrogen-bond acceptors (Lipinski definition) is 3. The summed E-state index contributed by atoms with van der Waals surface area (Å²) in [5.41, 5.74) is 9.37. The highest BCUT2D eigenvalue weighted by Crippen LogP contribution is 2.33. The Labute approximate surface area is 134 Å². The van der Waals surface area contributed by atoms with Crippen LogP contribution in [0.15, 0.2) is 47.5 Å². The van der Waals surface area contributed by atoms with Gasteiger partial charge in [-0.25, -0.2) is 0 Å². The molecule has 1 aliphatic rings. The van der Waals surface area contributed by atoms with Crippen LogP contribution in [0.2, 0.25) is 10.0 Å². The number of anilines is 1. The van der Waals surface area contributed by atoms with Crippen LogP contribution in [0.5, 0.6) is 0 Å². The predicted molar refractivity (Wildman–Crippen MR) is 89.4 cm³/mol. The Hall–Kier alpha value is -1.71. The van der Waals surface area contributed by atoms with E-state index in [0.717, 1.165) is 16.3 Å². The first-order valence-corrected chi connectivity index (χ1v) is 7.42. The third kappa shape index (κ3) is 2.71. The van der Waals surface area contributed by atoms with Crippen molar-refractivity contribution in [1.82, 2.24) is 0 Å². The van der Waals surface area contributed by atoms with Gasteiger partial charge in [0.2, 0.25) is 0 Å². The van der Waals surface area contributed by atoms with Crippen LogP contribution >= 0.6 is 23.2 Å². The van der Waals surface area contributed by atoms with Crippen molar-refractivity contribution in [2.45, 2.75) is 13.0 Å². The molecule has 0 radical (unpaired) electrons.